The molecule has 1 heterocycles. The first-order valence-corrected chi connectivity index (χ1v) is 8.30. The van der Waals surface area contributed by atoms with Gasteiger partial charge in [-0.15, -0.1) is 0 Å². The molecule has 1 aliphatic rings. The molecule has 1 saturated carbocycles. The van der Waals surface area contributed by atoms with Crippen molar-refractivity contribution in [2.45, 2.75) is 45.1 Å². The van der Waals surface area contributed by atoms with E-state index in [-0.39, 0.29) is 11.9 Å². The SMILES string of the molecule is CC[C@H](C)Nc1nc(Nc2cc(Cl)ccc2F)cc(C2CC2)n1. The van der Waals surface area contributed by atoms with Crippen molar-refractivity contribution in [3.05, 3.63) is 40.8 Å². The van der Waals surface area contributed by atoms with Crippen LogP contribution in [0.15, 0.2) is 24.3 Å². The van der Waals surface area contributed by atoms with Gasteiger partial charge in [0.1, 0.15) is 11.6 Å². The van der Waals surface area contributed by atoms with Gasteiger partial charge in [0, 0.05) is 23.0 Å². The van der Waals surface area contributed by atoms with E-state index in [9.17, 15) is 4.39 Å². The van der Waals surface area contributed by atoms with Crippen LogP contribution in [0, 0.1) is 5.82 Å². The van der Waals surface area contributed by atoms with E-state index < -0.39 is 0 Å². The maximum Gasteiger partial charge on any atom is 0.225 e. The summed E-state index contributed by atoms with van der Waals surface area (Å²) in [4.78, 5) is 9.04. The molecule has 4 nitrogen and oxygen atoms in total. The van der Waals surface area contributed by atoms with Crippen molar-refractivity contribution in [3.63, 3.8) is 0 Å². The second-order valence-electron chi connectivity index (χ2n) is 5.98. The smallest absolute Gasteiger partial charge is 0.225 e. The van der Waals surface area contributed by atoms with Gasteiger partial charge in [0.25, 0.3) is 0 Å². The van der Waals surface area contributed by atoms with Gasteiger partial charge in [-0.2, -0.15) is 4.98 Å². The van der Waals surface area contributed by atoms with E-state index in [4.69, 9.17) is 11.6 Å². The summed E-state index contributed by atoms with van der Waals surface area (Å²) in [5, 5.41) is 6.78. The van der Waals surface area contributed by atoms with E-state index in [1.54, 1.807) is 6.07 Å². The number of hydrogen-bond donors (Lipinski definition) is 2. The fourth-order valence-electron chi connectivity index (χ4n) is 2.24. The average molecular weight is 335 g/mol. The van der Waals surface area contributed by atoms with Crippen molar-refractivity contribution in [1.29, 1.82) is 0 Å². The first-order chi connectivity index (χ1) is 11.0. The van der Waals surface area contributed by atoms with E-state index in [1.165, 1.54) is 12.1 Å². The first kappa shape index (κ1) is 16.0. The lowest BCUT2D eigenvalue weighted by molar-refractivity contribution is 0.632. The molecule has 0 saturated heterocycles. The number of nitrogens with zero attached hydrogens (tertiary/aromatic N) is 2. The van der Waals surface area contributed by atoms with Crippen LogP contribution in [0.5, 0.6) is 0 Å². The lowest BCUT2D eigenvalue weighted by atomic mass is 10.2. The highest BCUT2D eigenvalue weighted by atomic mass is 35.5. The van der Waals surface area contributed by atoms with Crippen molar-refractivity contribution < 1.29 is 4.39 Å². The minimum atomic E-state index is -0.364. The quantitative estimate of drug-likeness (QED) is 0.771. The zero-order valence-corrected chi connectivity index (χ0v) is 14.0. The second-order valence-corrected chi connectivity index (χ2v) is 6.42. The summed E-state index contributed by atoms with van der Waals surface area (Å²) in [6.07, 6.45) is 3.26. The number of anilines is 3. The van der Waals surface area contributed by atoms with E-state index in [0.717, 1.165) is 25.0 Å². The zero-order valence-electron chi connectivity index (χ0n) is 13.2. The zero-order chi connectivity index (χ0) is 16.4. The predicted octanol–water partition coefficient (Wildman–Crippen LogP) is 5.10. The number of nitrogens with one attached hydrogen (secondary N) is 2. The number of hydrogen-bond acceptors (Lipinski definition) is 4. The summed E-state index contributed by atoms with van der Waals surface area (Å²) >= 11 is 5.94. The summed E-state index contributed by atoms with van der Waals surface area (Å²) in [5.41, 5.74) is 1.31. The molecule has 0 radical (unpaired) electrons. The number of rotatable bonds is 6. The molecule has 1 atom stereocenters. The molecule has 122 valence electrons. The molecular formula is C17H20ClFN4. The summed E-state index contributed by atoms with van der Waals surface area (Å²) < 4.78 is 13.9. The predicted molar refractivity (Wildman–Crippen MR) is 92.1 cm³/mol. The molecule has 1 aromatic heterocycles. The van der Waals surface area contributed by atoms with Crippen molar-refractivity contribution >= 4 is 29.1 Å². The van der Waals surface area contributed by atoms with E-state index in [2.05, 4.69) is 34.4 Å². The molecule has 0 aliphatic heterocycles. The maximum atomic E-state index is 13.9. The second kappa shape index (κ2) is 6.71. The Kier molecular flexibility index (Phi) is 4.66. The highest BCUT2D eigenvalue weighted by molar-refractivity contribution is 6.30. The standard InChI is InChI=1S/C17H20ClFN4/c1-3-10(2)20-17-22-14(11-4-5-11)9-16(23-17)21-15-8-12(18)6-7-13(15)19/h6-11H,3-5H2,1-2H3,(H2,20,21,22,23)/t10-/m0/s1. The summed E-state index contributed by atoms with van der Waals surface area (Å²) in [6, 6.07) is 6.58. The van der Waals surface area contributed by atoms with Crippen LogP contribution in [0.25, 0.3) is 0 Å². The van der Waals surface area contributed by atoms with E-state index in [0.29, 0.717) is 28.4 Å². The van der Waals surface area contributed by atoms with Gasteiger partial charge in [-0.3, -0.25) is 0 Å². The molecule has 0 unspecified atom stereocenters. The monoisotopic (exact) mass is 334 g/mol. The van der Waals surface area contributed by atoms with Crippen LogP contribution in [0.3, 0.4) is 0 Å². The Labute approximate surface area is 140 Å². The lowest BCUT2D eigenvalue weighted by Crippen LogP contribution is -2.16. The topological polar surface area (TPSA) is 49.8 Å². The largest absolute Gasteiger partial charge is 0.352 e. The molecule has 2 aromatic rings. The molecule has 1 aliphatic carbocycles. The van der Waals surface area contributed by atoms with E-state index >= 15 is 0 Å². The third-order valence-corrected chi connectivity index (χ3v) is 4.16. The first-order valence-electron chi connectivity index (χ1n) is 7.92. The van der Waals surface area contributed by atoms with Crippen molar-refractivity contribution in [3.8, 4) is 0 Å². The number of halogens is 2. The van der Waals surface area contributed by atoms with Gasteiger partial charge in [0.2, 0.25) is 5.95 Å². The lowest BCUT2D eigenvalue weighted by Gasteiger charge is -2.14. The number of benzene rings is 1. The Morgan fingerprint density at radius 2 is 2.09 bits per heavy atom. The Morgan fingerprint density at radius 3 is 2.78 bits per heavy atom. The number of aromatic nitrogens is 2. The van der Waals surface area contributed by atoms with Gasteiger partial charge in [0.05, 0.1) is 11.4 Å². The van der Waals surface area contributed by atoms with Gasteiger partial charge in [-0.05, 0) is 44.4 Å². The molecule has 2 N–H and O–H groups in total. The van der Waals surface area contributed by atoms with E-state index in [1.807, 2.05) is 6.07 Å². The van der Waals surface area contributed by atoms with Crippen LogP contribution in [0.2, 0.25) is 5.02 Å². The highest BCUT2D eigenvalue weighted by Crippen LogP contribution is 2.40. The van der Waals surface area contributed by atoms with Crippen LogP contribution < -0.4 is 10.6 Å². The van der Waals surface area contributed by atoms with Crippen molar-refractivity contribution in [2.75, 3.05) is 10.6 Å². The van der Waals surface area contributed by atoms with Crippen molar-refractivity contribution in [1.82, 2.24) is 9.97 Å². The van der Waals surface area contributed by atoms with Gasteiger partial charge in [-0.1, -0.05) is 18.5 Å². The van der Waals surface area contributed by atoms with Gasteiger partial charge in [-0.25, -0.2) is 9.37 Å². The van der Waals surface area contributed by atoms with Gasteiger partial charge in [0.15, 0.2) is 0 Å². The minimum Gasteiger partial charge on any atom is -0.352 e. The molecule has 1 fully saturated rings. The fourth-order valence-corrected chi connectivity index (χ4v) is 2.41. The van der Waals surface area contributed by atoms with Crippen LogP contribution in [-0.2, 0) is 0 Å². The van der Waals surface area contributed by atoms with Crippen LogP contribution in [-0.4, -0.2) is 16.0 Å². The molecule has 6 heteroatoms. The Balaban J connectivity index is 1.89. The van der Waals surface area contributed by atoms with Crippen LogP contribution in [0.4, 0.5) is 21.8 Å². The van der Waals surface area contributed by atoms with Gasteiger partial charge >= 0.3 is 0 Å². The van der Waals surface area contributed by atoms with Crippen LogP contribution >= 0.6 is 11.6 Å². The summed E-state index contributed by atoms with van der Waals surface area (Å²) in [6.45, 7) is 4.18. The molecule has 0 amide bonds. The molecule has 3 rings (SSSR count). The summed E-state index contributed by atoms with van der Waals surface area (Å²) in [5.74, 6) is 1.28. The highest BCUT2D eigenvalue weighted by Gasteiger charge is 2.26. The molecule has 23 heavy (non-hydrogen) atoms. The fraction of sp³-hybridized carbons (Fsp3) is 0.412. The Morgan fingerprint density at radius 1 is 1.30 bits per heavy atom. The molecule has 0 spiro atoms. The summed E-state index contributed by atoms with van der Waals surface area (Å²) in [7, 11) is 0. The minimum absolute atomic E-state index is 0.278. The van der Waals surface area contributed by atoms with Gasteiger partial charge < -0.3 is 10.6 Å². The molecule has 0 bridgehead atoms. The average Bonchev–Trinajstić information content (AvgIpc) is 3.35. The third kappa shape index (κ3) is 4.10. The Bertz CT molecular complexity index is 703. The Hall–Kier alpha value is -1.88. The van der Waals surface area contributed by atoms with Crippen molar-refractivity contribution in [2.24, 2.45) is 0 Å². The third-order valence-electron chi connectivity index (χ3n) is 3.92. The normalized spacial score (nSPS) is 15.3. The molecule has 1 aromatic carbocycles. The maximum absolute atomic E-state index is 13.9. The molecular weight excluding hydrogens is 315 g/mol. The van der Waals surface area contributed by atoms with Crippen LogP contribution in [0.1, 0.15) is 44.7 Å².